The first-order chi connectivity index (χ1) is 14.8. The first kappa shape index (κ1) is 24.0. The Hall–Kier alpha value is -1.64. The summed E-state index contributed by atoms with van der Waals surface area (Å²) in [6.45, 7) is 4.98. The fourth-order valence-corrected chi connectivity index (χ4v) is 5.44. The molecular formula is C22H30ClN3O3S2. The van der Waals surface area contributed by atoms with Crippen molar-refractivity contribution in [3.63, 3.8) is 0 Å². The molecular weight excluding hydrogens is 454 g/mol. The van der Waals surface area contributed by atoms with E-state index in [1.54, 1.807) is 0 Å². The lowest BCUT2D eigenvalue weighted by Gasteiger charge is -2.29. The van der Waals surface area contributed by atoms with Crippen LogP contribution >= 0.6 is 22.9 Å². The van der Waals surface area contributed by atoms with E-state index in [0.717, 1.165) is 34.5 Å². The summed E-state index contributed by atoms with van der Waals surface area (Å²) in [4.78, 5) is 20.0. The van der Waals surface area contributed by atoms with E-state index in [0.29, 0.717) is 5.92 Å². The summed E-state index contributed by atoms with van der Waals surface area (Å²) in [5, 5.41) is 1.49. The van der Waals surface area contributed by atoms with E-state index in [-0.39, 0.29) is 11.4 Å². The molecule has 1 aromatic carbocycles. The van der Waals surface area contributed by atoms with Gasteiger partial charge in [0.15, 0.2) is 5.13 Å². The number of benzene rings is 1. The summed E-state index contributed by atoms with van der Waals surface area (Å²) < 4.78 is 25.7. The van der Waals surface area contributed by atoms with Gasteiger partial charge in [-0.3, -0.25) is 4.79 Å². The Morgan fingerprint density at radius 3 is 2.55 bits per heavy atom. The van der Waals surface area contributed by atoms with Crippen LogP contribution in [0.4, 0.5) is 5.13 Å². The summed E-state index contributed by atoms with van der Waals surface area (Å²) in [6.07, 6.45) is 7.08. The lowest BCUT2D eigenvalue weighted by molar-refractivity contribution is 0.0977. The van der Waals surface area contributed by atoms with Crippen molar-refractivity contribution >= 4 is 44.0 Å². The third-order valence-electron chi connectivity index (χ3n) is 5.69. The number of nitrogens with one attached hydrogen (secondary N) is 1. The van der Waals surface area contributed by atoms with Crippen molar-refractivity contribution in [2.24, 2.45) is 5.92 Å². The van der Waals surface area contributed by atoms with Gasteiger partial charge in [0.05, 0.1) is 5.75 Å². The molecule has 31 heavy (non-hydrogen) atoms. The van der Waals surface area contributed by atoms with E-state index in [9.17, 15) is 13.2 Å². The zero-order valence-corrected chi connectivity index (χ0v) is 20.5. The first-order valence-electron chi connectivity index (χ1n) is 10.8. The predicted octanol–water partition coefficient (Wildman–Crippen LogP) is 4.81. The third kappa shape index (κ3) is 6.92. The van der Waals surface area contributed by atoms with E-state index < -0.39 is 15.9 Å². The summed E-state index contributed by atoms with van der Waals surface area (Å²) in [5.41, 5.74) is 1.38. The number of anilines is 1. The van der Waals surface area contributed by atoms with Gasteiger partial charge in [0.1, 0.15) is 5.69 Å². The molecule has 6 nitrogen and oxygen atoms in total. The Morgan fingerprint density at radius 2 is 1.90 bits per heavy atom. The molecule has 0 radical (unpaired) electrons. The van der Waals surface area contributed by atoms with Gasteiger partial charge >= 0.3 is 0 Å². The van der Waals surface area contributed by atoms with E-state index in [1.165, 1.54) is 55.9 Å². The van der Waals surface area contributed by atoms with Crippen molar-refractivity contribution in [3.05, 3.63) is 45.4 Å². The van der Waals surface area contributed by atoms with Crippen LogP contribution in [0.15, 0.2) is 24.3 Å². The number of halogens is 1. The van der Waals surface area contributed by atoms with Gasteiger partial charge in [-0.05, 0) is 56.7 Å². The second-order valence-corrected chi connectivity index (χ2v) is 11.7. The van der Waals surface area contributed by atoms with Gasteiger partial charge in [0.2, 0.25) is 10.0 Å². The Morgan fingerprint density at radius 1 is 1.23 bits per heavy atom. The number of thiazole rings is 1. The quantitative estimate of drug-likeness (QED) is 0.553. The summed E-state index contributed by atoms with van der Waals surface area (Å²) in [7, 11) is -3.63. The summed E-state index contributed by atoms with van der Waals surface area (Å²) >= 11 is 7.45. The molecule has 0 saturated heterocycles. The van der Waals surface area contributed by atoms with Crippen molar-refractivity contribution in [1.29, 1.82) is 0 Å². The molecule has 1 saturated carbocycles. The topological polar surface area (TPSA) is 79.4 Å². The van der Waals surface area contributed by atoms with E-state index in [1.807, 2.05) is 31.2 Å². The molecule has 0 spiro atoms. The number of nitrogens with zero attached hydrogens (tertiary/aromatic N) is 2. The van der Waals surface area contributed by atoms with Crippen LogP contribution in [0.1, 0.15) is 60.0 Å². The lowest BCUT2D eigenvalue weighted by Crippen LogP contribution is -2.33. The highest BCUT2D eigenvalue weighted by atomic mass is 35.5. The number of hydrogen-bond acceptors (Lipinski definition) is 6. The van der Waals surface area contributed by atoms with Crippen LogP contribution in [0.2, 0.25) is 5.02 Å². The minimum Gasteiger partial charge on any atom is -0.347 e. The van der Waals surface area contributed by atoms with Gasteiger partial charge in [-0.2, -0.15) is 0 Å². The highest BCUT2D eigenvalue weighted by Gasteiger charge is 2.24. The van der Waals surface area contributed by atoms with Gasteiger partial charge in [-0.15, -0.1) is 11.3 Å². The zero-order valence-electron chi connectivity index (χ0n) is 18.1. The van der Waals surface area contributed by atoms with Crippen LogP contribution in [0.3, 0.4) is 0 Å². The van der Waals surface area contributed by atoms with Crippen molar-refractivity contribution in [1.82, 2.24) is 9.71 Å². The fraction of sp³-hybridized carbons (Fsp3) is 0.545. The normalized spacial score (nSPS) is 15.1. The first-order valence-corrected chi connectivity index (χ1v) is 13.6. The molecule has 2 aromatic rings. The second kappa shape index (κ2) is 10.8. The lowest BCUT2D eigenvalue weighted by atomic mass is 9.89. The zero-order chi connectivity index (χ0) is 22.4. The number of hydrogen-bond donors (Lipinski definition) is 1. The number of rotatable bonds is 9. The minimum atomic E-state index is -3.63. The Labute approximate surface area is 194 Å². The molecule has 1 amide bonds. The number of carbonyl (C=O) groups excluding carboxylic acids is 1. The van der Waals surface area contributed by atoms with Crippen LogP contribution in [-0.4, -0.2) is 38.2 Å². The smallest absolute Gasteiger partial charge is 0.284 e. The van der Waals surface area contributed by atoms with Crippen molar-refractivity contribution < 1.29 is 13.2 Å². The Balaban J connectivity index is 1.78. The largest absolute Gasteiger partial charge is 0.347 e. The SMILES string of the molecule is CCS(=O)(=O)NC(=O)c1nc(N(CCc2ccc(Cl)cc2)CC2CCCCC2)sc1C. The number of aromatic nitrogens is 1. The van der Waals surface area contributed by atoms with E-state index >= 15 is 0 Å². The fourth-order valence-electron chi connectivity index (χ4n) is 3.85. The van der Waals surface area contributed by atoms with Gasteiger partial charge in [0, 0.05) is 23.0 Å². The number of carbonyl (C=O) groups is 1. The minimum absolute atomic E-state index is 0.149. The molecule has 1 heterocycles. The Bertz CT molecular complexity index is 984. The van der Waals surface area contributed by atoms with Crippen LogP contribution in [-0.2, 0) is 16.4 Å². The molecule has 9 heteroatoms. The second-order valence-electron chi connectivity index (χ2n) is 8.06. The number of aryl methyl sites for hydroxylation is 1. The van der Waals surface area contributed by atoms with Crippen LogP contribution < -0.4 is 9.62 Å². The van der Waals surface area contributed by atoms with E-state index in [4.69, 9.17) is 11.6 Å². The molecule has 1 fully saturated rings. The molecule has 0 aliphatic heterocycles. The summed E-state index contributed by atoms with van der Waals surface area (Å²) in [5.74, 6) is -0.193. The van der Waals surface area contributed by atoms with Gasteiger partial charge in [0.25, 0.3) is 5.91 Å². The molecule has 0 bridgehead atoms. The monoisotopic (exact) mass is 483 g/mol. The molecule has 0 unspecified atom stereocenters. The van der Waals surface area contributed by atoms with Crippen LogP contribution in [0, 0.1) is 12.8 Å². The van der Waals surface area contributed by atoms with Gasteiger partial charge in [-0.25, -0.2) is 18.1 Å². The number of amides is 1. The molecule has 1 aliphatic carbocycles. The standard InChI is InChI=1S/C22H30ClN3O3S2/c1-3-31(28,29)25-21(27)20-16(2)30-22(24-20)26(15-18-7-5-4-6-8-18)14-13-17-9-11-19(23)12-10-17/h9-12,18H,3-8,13-15H2,1-2H3,(H,25,27). The predicted molar refractivity (Wildman–Crippen MR) is 128 cm³/mol. The average molecular weight is 484 g/mol. The van der Waals surface area contributed by atoms with Gasteiger partial charge in [-0.1, -0.05) is 43.0 Å². The maximum Gasteiger partial charge on any atom is 0.284 e. The van der Waals surface area contributed by atoms with Crippen molar-refractivity contribution in [2.45, 2.75) is 52.4 Å². The highest BCUT2D eigenvalue weighted by molar-refractivity contribution is 7.90. The van der Waals surface area contributed by atoms with Crippen molar-refractivity contribution in [3.8, 4) is 0 Å². The maximum atomic E-state index is 12.5. The molecule has 1 aliphatic rings. The van der Waals surface area contributed by atoms with Crippen LogP contribution in [0.5, 0.6) is 0 Å². The van der Waals surface area contributed by atoms with Crippen LogP contribution in [0.25, 0.3) is 0 Å². The summed E-state index contributed by atoms with van der Waals surface area (Å²) in [6, 6.07) is 7.85. The molecule has 1 N–H and O–H groups in total. The molecule has 0 atom stereocenters. The number of sulfonamides is 1. The van der Waals surface area contributed by atoms with E-state index in [2.05, 4.69) is 14.6 Å². The van der Waals surface area contributed by atoms with Gasteiger partial charge < -0.3 is 4.90 Å². The highest BCUT2D eigenvalue weighted by Crippen LogP contribution is 2.30. The third-order valence-corrected chi connectivity index (χ3v) is 8.23. The Kier molecular flexibility index (Phi) is 8.36. The van der Waals surface area contributed by atoms with Crippen molar-refractivity contribution in [2.75, 3.05) is 23.7 Å². The molecule has 3 rings (SSSR count). The average Bonchev–Trinajstić information content (AvgIpc) is 3.14. The molecule has 170 valence electrons. The molecule has 1 aromatic heterocycles. The maximum absolute atomic E-state index is 12.5.